The van der Waals surface area contributed by atoms with Crippen LogP contribution in [0.5, 0.6) is 0 Å². The minimum atomic E-state index is 0.0661. The predicted octanol–water partition coefficient (Wildman–Crippen LogP) is 2.05. The van der Waals surface area contributed by atoms with Crippen molar-refractivity contribution >= 4 is 17.2 Å². The summed E-state index contributed by atoms with van der Waals surface area (Å²) >= 11 is 1.42. The number of amides is 1. The zero-order chi connectivity index (χ0) is 16.4. The van der Waals surface area contributed by atoms with Crippen molar-refractivity contribution in [1.82, 2.24) is 25.0 Å². The number of rotatable bonds is 3. The monoisotopic (exact) mass is 335 g/mol. The third kappa shape index (κ3) is 3.42. The zero-order valence-corrected chi connectivity index (χ0v) is 14.5. The van der Waals surface area contributed by atoms with E-state index in [-0.39, 0.29) is 11.9 Å². The van der Waals surface area contributed by atoms with Crippen molar-refractivity contribution in [3.05, 3.63) is 27.9 Å². The lowest BCUT2D eigenvalue weighted by Gasteiger charge is -2.25. The Hall–Kier alpha value is -1.80. The van der Waals surface area contributed by atoms with Crippen molar-refractivity contribution in [3.63, 3.8) is 0 Å². The Balaban J connectivity index is 1.65. The lowest BCUT2D eigenvalue weighted by molar-refractivity contribution is 0.0761. The Morgan fingerprint density at radius 3 is 2.74 bits per heavy atom. The molecule has 0 radical (unpaired) electrons. The molecule has 0 aromatic carbocycles. The molecule has 2 aromatic heterocycles. The van der Waals surface area contributed by atoms with Crippen molar-refractivity contribution in [2.75, 3.05) is 26.2 Å². The zero-order valence-electron chi connectivity index (χ0n) is 13.7. The highest BCUT2D eigenvalue weighted by Gasteiger charge is 2.26. The lowest BCUT2D eigenvalue weighted by Crippen LogP contribution is -2.36. The molecule has 1 atom stereocenters. The first kappa shape index (κ1) is 16.1. The van der Waals surface area contributed by atoms with Crippen molar-refractivity contribution in [2.45, 2.75) is 33.2 Å². The van der Waals surface area contributed by atoms with Crippen LogP contribution in [-0.2, 0) is 0 Å². The summed E-state index contributed by atoms with van der Waals surface area (Å²) in [5.74, 6) is 1.31. The van der Waals surface area contributed by atoms with Crippen molar-refractivity contribution in [2.24, 2.45) is 0 Å². The van der Waals surface area contributed by atoms with E-state index in [4.69, 9.17) is 4.42 Å². The van der Waals surface area contributed by atoms with Crippen LogP contribution in [0.4, 0.5) is 0 Å². The first-order valence-electron chi connectivity index (χ1n) is 7.79. The number of carbonyl (C=O) groups is 1. The summed E-state index contributed by atoms with van der Waals surface area (Å²) in [6.45, 7) is 8.92. The molecule has 8 heteroatoms. The van der Waals surface area contributed by atoms with E-state index in [9.17, 15) is 4.79 Å². The van der Waals surface area contributed by atoms with E-state index < -0.39 is 0 Å². The van der Waals surface area contributed by atoms with Crippen LogP contribution in [0.15, 0.2) is 9.93 Å². The molecule has 0 aliphatic carbocycles. The van der Waals surface area contributed by atoms with E-state index in [1.54, 1.807) is 12.4 Å². The van der Waals surface area contributed by atoms with Crippen LogP contribution in [0.25, 0.3) is 0 Å². The van der Waals surface area contributed by atoms with Crippen LogP contribution in [0, 0.1) is 13.8 Å². The number of aromatic nitrogens is 3. The summed E-state index contributed by atoms with van der Waals surface area (Å²) in [4.78, 5) is 21.8. The quantitative estimate of drug-likeness (QED) is 0.854. The van der Waals surface area contributed by atoms with Gasteiger partial charge in [-0.1, -0.05) is 0 Å². The third-order valence-electron chi connectivity index (χ3n) is 4.20. The van der Waals surface area contributed by atoms with Gasteiger partial charge in [0.25, 0.3) is 5.91 Å². The Labute approximate surface area is 139 Å². The van der Waals surface area contributed by atoms with Crippen molar-refractivity contribution < 1.29 is 9.21 Å². The van der Waals surface area contributed by atoms with Gasteiger partial charge >= 0.3 is 0 Å². The van der Waals surface area contributed by atoms with E-state index in [2.05, 4.69) is 27.0 Å². The summed E-state index contributed by atoms with van der Waals surface area (Å²) in [5, 5.41) is 8.01. The van der Waals surface area contributed by atoms with Gasteiger partial charge in [-0.05, 0) is 20.3 Å². The van der Waals surface area contributed by atoms with Crippen molar-refractivity contribution in [3.8, 4) is 0 Å². The number of hydrogen-bond donors (Lipinski definition) is 0. The molecule has 2 aromatic rings. The molecule has 1 fully saturated rings. The Morgan fingerprint density at radius 2 is 2.09 bits per heavy atom. The highest BCUT2D eigenvalue weighted by atomic mass is 32.1. The minimum Gasteiger partial charge on any atom is -0.424 e. The smallest absolute Gasteiger partial charge is 0.265 e. The van der Waals surface area contributed by atoms with Gasteiger partial charge < -0.3 is 9.32 Å². The molecule has 23 heavy (non-hydrogen) atoms. The summed E-state index contributed by atoms with van der Waals surface area (Å²) < 4.78 is 5.54. The number of thiazole rings is 1. The molecule has 1 amide bonds. The van der Waals surface area contributed by atoms with Gasteiger partial charge in [0.05, 0.1) is 17.2 Å². The van der Waals surface area contributed by atoms with Gasteiger partial charge in [0, 0.05) is 33.1 Å². The van der Waals surface area contributed by atoms with Crippen LogP contribution in [-0.4, -0.2) is 57.1 Å². The molecule has 0 bridgehead atoms. The SMILES string of the molecule is Cc1nnc(C(C)N2CCCN(C(=O)c3scnc3C)CC2)o1. The van der Waals surface area contributed by atoms with Gasteiger partial charge in [0.1, 0.15) is 4.88 Å². The largest absolute Gasteiger partial charge is 0.424 e. The average molecular weight is 335 g/mol. The molecule has 3 rings (SSSR count). The van der Waals surface area contributed by atoms with Crippen LogP contribution in [0.2, 0.25) is 0 Å². The molecule has 3 heterocycles. The third-order valence-corrected chi connectivity index (χ3v) is 5.12. The van der Waals surface area contributed by atoms with Crippen molar-refractivity contribution in [1.29, 1.82) is 0 Å². The average Bonchev–Trinajstić information content (AvgIpc) is 3.07. The topological polar surface area (TPSA) is 75.4 Å². The molecule has 1 saturated heterocycles. The molecule has 7 nitrogen and oxygen atoms in total. The summed E-state index contributed by atoms with van der Waals surface area (Å²) in [5.41, 5.74) is 2.54. The van der Waals surface area contributed by atoms with Crippen LogP contribution >= 0.6 is 11.3 Å². The number of aryl methyl sites for hydroxylation is 2. The summed E-state index contributed by atoms with van der Waals surface area (Å²) in [6, 6.07) is 0.0661. The van der Waals surface area contributed by atoms with Crippen LogP contribution in [0.1, 0.15) is 46.5 Å². The number of hydrogen-bond acceptors (Lipinski definition) is 7. The Bertz CT molecular complexity index is 683. The second kappa shape index (κ2) is 6.76. The van der Waals surface area contributed by atoms with Crippen LogP contribution in [0.3, 0.4) is 0 Å². The standard InChI is InChI=1S/C15H21N5O2S/c1-10-13(23-9-16-10)15(21)20-6-4-5-19(7-8-20)11(2)14-18-17-12(3)22-14/h9,11H,4-8H2,1-3H3. The first-order chi connectivity index (χ1) is 11.1. The second-order valence-corrected chi connectivity index (χ2v) is 6.64. The van der Waals surface area contributed by atoms with Gasteiger partial charge in [-0.15, -0.1) is 21.5 Å². The molecular weight excluding hydrogens is 314 g/mol. The van der Waals surface area contributed by atoms with Crippen LogP contribution < -0.4 is 0 Å². The molecule has 1 aliphatic heterocycles. The molecule has 0 spiro atoms. The van der Waals surface area contributed by atoms with Gasteiger partial charge in [-0.25, -0.2) is 4.98 Å². The second-order valence-electron chi connectivity index (χ2n) is 5.78. The molecule has 0 saturated carbocycles. The first-order valence-corrected chi connectivity index (χ1v) is 8.67. The van der Waals surface area contributed by atoms with E-state index in [0.29, 0.717) is 18.3 Å². The maximum Gasteiger partial charge on any atom is 0.265 e. The highest BCUT2D eigenvalue weighted by Crippen LogP contribution is 2.22. The normalized spacial score (nSPS) is 18.0. The van der Waals surface area contributed by atoms with Gasteiger partial charge in [0.15, 0.2) is 0 Å². The molecule has 1 aliphatic rings. The maximum atomic E-state index is 12.6. The van der Waals surface area contributed by atoms with E-state index >= 15 is 0 Å². The Morgan fingerprint density at radius 1 is 1.26 bits per heavy atom. The molecule has 0 N–H and O–H groups in total. The fraction of sp³-hybridized carbons (Fsp3) is 0.600. The number of carbonyl (C=O) groups excluding carboxylic acids is 1. The fourth-order valence-corrected chi connectivity index (χ4v) is 3.58. The lowest BCUT2D eigenvalue weighted by atomic mass is 10.2. The minimum absolute atomic E-state index is 0.0661. The van der Waals surface area contributed by atoms with E-state index in [1.807, 2.05) is 11.8 Å². The highest BCUT2D eigenvalue weighted by molar-refractivity contribution is 7.11. The van der Waals surface area contributed by atoms with Gasteiger partial charge in [0.2, 0.25) is 11.8 Å². The molecule has 124 valence electrons. The van der Waals surface area contributed by atoms with Gasteiger partial charge in [-0.2, -0.15) is 0 Å². The van der Waals surface area contributed by atoms with E-state index in [1.165, 1.54) is 11.3 Å². The summed E-state index contributed by atoms with van der Waals surface area (Å²) in [7, 11) is 0. The maximum absolute atomic E-state index is 12.6. The molecule has 1 unspecified atom stereocenters. The molecular formula is C15H21N5O2S. The summed E-state index contributed by atoms with van der Waals surface area (Å²) in [6.07, 6.45) is 0.932. The fourth-order valence-electron chi connectivity index (χ4n) is 2.82. The predicted molar refractivity (Wildman–Crippen MR) is 86.4 cm³/mol. The Kier molecular flexibility index (Phi) is 4.72. The number of nitrogens with zero attached hydrogens (tertiary/aromatic N) is 5. The van der Waals surface area contributed by atoms with E-state index in [0.717, 1.165) is 36.6 Å². The van der Waals surface area contributed by atoms with Gasteiger partial charge in [-0.3, -0.25) is 9.69 Å².